The molecule has 31 heavy (non-hydrogen) atoms. The minimum absolute atomic E-state index is 0.133. The van der Waals surface area contributed by atoms with E-state index in [1.165, 1.54) is 0 Å². The number of rotatable bonds is 6. The van der Waals surface area contributed by atoms with Gasteiger partial charge >= 0.3 is 0 Å². The minimum atomic E-state index is -0.133. The Hall–Kier alpha value is -4.18. The average molecular weight is 406 g/mol. The van der Waals surface area contributed by atoms with Crippen LogP contribution in [0.15, 0.2) is 109 Å². The smallest absolute Gasteiger partial charge is 0.255 e. The molecule has 4 rings (SSSR count). The molecule has 0 radical (unpaired) electrons. The highest BCUT2D eigenvalue weighted by Gasteiger charge is 2.08. The highest BCUT2D eigenvalue weighted by atomic mass is 16.2. The molecule has 0 saturated heterocycles. The monoisotopic (exact) mass is 406 g/mol. The number of hydrogen-bond donors (Lipinski definition) is 2. The van der Waals surface area contributed by atoms with Crippen molar-refractivity contribution in [2.45, 2.75) is 6.42 Å². The number of para-hydroxylation sites is 2. The lowest BCUT2D eigenvalue weighted by Gasteiger charge is -2.08. The maximum absolute atomic E-state index is 12.4. The number of carbonyl (C=O) groups excluding carboxylic acids is 2. The van der Waals surface area contributed by atoms with Gasteiger partial charge in [-0.15, -0.1) is 0 Å². The second kappa shape index (κ2) is 9.55. The van der Waals surface area contributed by atoms with Crippen molar-refractivity contribution in [2.24, 2.45) is 0 Å². The molecule has 0 aromatic heterocycles. The quantitative estimate of drug-likeness (QED) is 0.426. The van der Waals surface area contributed by atoms with Crippen LogP contribution in [-0.4, -0.2) is 11.8 Å². The van der Waals surface area contributed by atoms with Crippen molar-refractivity contribution in [1.82, 2.24) is 0 Å². The van der Waals surface area contributed by atoms with Crippen molar-refractivity contribution in [3.8, 4) is 0 Å². The van der Waals surface area contributed by atoms with Crippen molar-refractivity contribution >= 4 is 23.2 Å². The van der Waals surface area contributed by atoms with E-state index in [0.717, 1.165) is 28.9 Å². The topological polar surface area (TPSA) is 58.2 Å². The number of anilines is 2. The SMILES string of the molecule is O=C(Nc1ccccc1)c1ccc(Cc2ccc(C(=O)Nc3ccccc3)cc2)cc1. The van der Waals surface area contributed by atoms with Crippen LogP contribution in [0.3, 0.4) is 0 Å². The van der Waals surface area contributed by atoms with Crippen LogP contribution in [0.25, 0.3) is 0 Å². The second-order valence-electron chi connectivity index (χ2n) is 7.21. The number of hydrogen-bond acceptors (Lipinski definition) is 2. The van der Waals surface area contributed by atoms with Crippen LogP contribution in [0.1, 0.15) is 31.8 Å². The minimum Gasteiger partial charge on any atom is -0.322 e. The largest absolute Gasteiger partial charge is 0.322 e. The summed E-state index contributed by atoms with van der Waals surface area (Å²) in [6, 6.07) is 33.9. The highest BCUT2D eigenvalue weighted by molar-refractivity contribution is 6.04. The molecule has 4 aromatic carbocycles. The van der Waals surface area contributed by atoms with E-state index in [9.17, 15) is 9.59 Å². The molecule has 152 valence electrons. The second-order valence-corrected chi connectivity index (χ2v) is 7.21. The maximum Gasteiger partial charge on any atom is 0.255 e. The zero-order valence-corrected chi connectivity index (χ0v) is 16.9. The first-order chi connectivity index (χ1) is 15.2. The summed E-state index contributed by atoms with van der Waals surface area (Å²) in [4.78, 5) is 24.7. The van der Waals surface area contributed by atoms with Crippen LogP contribution >= 0.6 is 0 Å². The van der Waals surface area contributed by atoms with Crippen molar-refractivity contribution in [2.75, 3.05) is 10.6 Å². The number of amides is 2. The molecule has 4 nitrogen and oxygen atoms in total. The van der Waals surface area contributed by atoms with Gasteiger partial charge in [-0.3, -0.25) is 9.59 Å². The molecular weight excluding hydrogens is 384 g/mol. The van der Waals surface area contributed by atoms with Gasteiger partial charge in [0.05, 0.1) is 0 Å². The first-order valence-electron chi connectivity index (χ1n) is 10.1. The Labute approximate surface area is 181 Å². The highest BCUT2D eigenvalue weighted by Crippen LogP contribution is 2.15. The molecule has 0 bridgehead atoms. The summed E-state index contributed by atoms with van der Waals surface area (Å²) in [5.74, 6) is -0.266. The van der Waals surface area contributed by atoms with E-state index in [1.54, 1.807) is 0 Å². The van der Waals surface area contributed by atoms with Crippen molar-refractivity contribution in [3.05, 3.63) is 131 Å². The summed E-state index contributed by atoms with van der Waals surface area (Å²) >= 11 is 0. The van der Waals surface area contributed by atoms with E-state index in [0.29, 0.717) is 11.1 Å². The molecule has 0 aliphatic carbocycles. The Morgan fingerprint density at radius 3 is 1.19 bits per heavy atom. The third-order valence-corrected chi connectivity index (χ3v) is 4.90. The Bertz CT molecular complexity index is 1060. The average Bonchev–Trinajstić information content (AvgIpc) is 2.81. The lowest BCUT2D eigenvalue weighted by molar-refractivity contribution is 0.101. The van der Waals surface area contributed by atoms with Gasteiger partial charge in [0.2, 0.25) is 0 Å². The third-order valence-electron chi connectivity index (χ3n) is 4.90. The van der Waals surface area contributed by atoms with Gasteiger partial charge in [0.15, 0.2) is 0 Å². The van der Waals surface area contributed by atoms with Gasteiger partial charge in [0.1, 0.15) is 0 Å². The van der Waals surface area contributed by atoms with E-state index in [1.807, 2.05) is 109 Å². The molecule has 0 aliphatic heterocycles. The molecule has 0 atom stereocenters. The van der Waals surface area contributed by atoms with Crippen molar-refractivity contribution in [1.29, 1.82) is 0 Å². The van der Waals surface area contributed by atoms with Crippen molar-refractivity contribution in [3.63, 3.8) is 0 Å². The summed E-state index contributed by atoms with van der Waals surface area (Å²) in [6.07, 6.45) is 0.723. The van der Waals surface area contributed by atoms with Gasteiger partial charge in [0.25, 0.3) is 11.8 Å². The molecule has 0 aliphatic rings. The molecule has 0 unspecified atom stereocenters. The van der Waals surface area contributed by atoms with E-state index in [-0.39, 0.29) is 11.8 Å². The van der Waals surface area contributed by atoms with E-state index >= 15 is 0 Å². The Balaban J connectivity index is 1.36. The molecule has 0 heterocycles. The third kappa shape index (κ3) is 5.46. The molecule has 4 heteroatoms. The van der Waals surface area contributed by atoms with Crippen LogP contribution < -0.4 is 10.6 Å². The van der Waals surface area contributed by atoms with Gasteiger partial charge in [-0.1, -0.05) is 60.7 Å². The first kappa shape index (κ1) is 20.1. The lowest BCUT2D eigenvalue weighted by Crippen LogP contribution is -2.12. The van der Waals surface area contributed by atoms with Crippen LogP contribution in [-0.2, 0) is 6.42 Å². The van der Waals surface area contributed by atoms with Gasteiger partial charge in [0, 0.05) is 22.5 Å². The zero-order valence-electron chi connectivity index (χ0n) is 16.9. The summed E-state index contributed by atoms with van der Waals surface area (Å²) < 4.78 is 0. The van der Waals surface area contributed by atoms with Crippen LogP contribution in [0.2, 0.25) is 0 Å². The first-order valence-corrected chi connectivity index (χ1v) is 10.1. The van der Waals surface area contributed by atoms with E-state index in [4.69, 9.17) is 0 Å². The Morgan fingerprint density at radius 1 is 0.484 bits per heavy atom. The lowest BCUT2D eigenvalue weighted by atomic mass is 10.0. The maximum atomic E-state index is 12.4. The molecule has 0 saturated carbocycles. The molecule has 2 amide bonds. The van der Waals surface area contributed by atoms with Crippen LogP contribution in [0.5, 0.6) is 0 Å². The van der Waals surface area contributed by atoms with E-state index < -0.39 is 0 Å². The zero-order chi connectivity index (χ0) is 21.5. The molecule has 0 spiro atoms. The number of nitrogens with one attached hydrogen (secondary N) is 2. The normalized spacial score (nSPS) is 10.3. The summed E-state index contributed by atoms with van der Waals surface area (Å²) in [5, 5.41) is 5.77. The van der Waals surface area contributed by atoms with Crippen LogP contribution in [0, 0.1) is 0 Å². The van der Waals surface area contributed by atoms with Gasteiger partial charge in [-0.2, -0.15) is 0 Å². The summed E-state index contributed by atoms with van der Waals surface area (Å²) in [5.41, 5.74) is 4.96. The molecule has 0 fully saturated rings. The van der Waals surface area contributed by atoms with Gasteiger partial charge < -0.3 is 10.6 Å². The Morgan fingerprint density at radius 2 is 0.839 bits per heavy atom. The predicted molar refractivity (Wildman–Crippen MR) is 124 cm³/mol. The van der Waals surface area contributed by atoms with Gasteiger partial charge in [-0.25, -0.2) is 0 Å². The number of benzene rings is 4. The fourth-order valence-corrected chi connectivity index (χ4v) is 3.23. The van der Waals surface area contributed by atoms with Crippen LogP contribution in [0.4, 0.5) is 11.4 Å². The summed E-state index contributed by atoms with van der Waals surface area (Å²) in [7, 11) is 0. The summed E-state index contributed by atoms with van der Waals surface area (Å²) in [6.45, 7) is 0. The van der Waals surface area contributed by atoms with Crippen molar-refractivity contribution < 1.29 is 9.59 Å². The molecule has 4 aromatic rings. The van der Waals surface area contributed by atoms with Gasteiger partial charge in [-0.05, 0) is 66.1 Å². The fraction of sp³-hybridized carbons (Fsp3) is 0.0370. The molecular formula is C27H22N2O2. The Kier molecular flexibility index (Phi) is 6.19. The van der Waals surface area contributed by atoms with E-state index in [2.05, 4.69) is 10.6 Å². The standard InChI is InChI=1S/C27H22N2O2/c30-26(28-24-7-3-1-4-8-24)22-15-11-20(12-16-22)19-21-13-17-23(18-14-21)27(31)29-25-9-5-2-6-10-25/h1-18H,19H2,(H,28,30)(H,29,31). The number of carbonyl (C=O) groups is 2. The molecule has 2 N–H and O–H groups in total. The fourth-order valence-electron chi connectivity index (χ4n) is 3.23. The predicted octanol–water partition coefficient (Wildman–Crippen LogP) is 5.78.